The lowest BCUT2D eigenvalue weighted by atomic mass is 10.1. The third-order valence-corrected chi connectivity index (χ3v) is 4.60. The quantitative estimate of drug-likeness (QED) is 0.822. The zero-order valence-corrected chi connectivity index (χ0v) is 12.0. The van der Waals surface area contributed by atoms with Gasteiger partial charge >= 0.3 is 0 Å². The minimum atomic E-state index is 0.0482. The van der Waals surface area contributed by atoms with Crippen LogP contribution in [0.5, 0.6) is 0 Å². The summed E-state index contributed by atoms with van der Waals surface area (Å²) < 4.78 is 0. The molecule has 0 bridgehead atoms. The highest BCUT2D eigenvalue weighted by Crippen LogP contribution is 2.21. The molecule has 1 rings (SSSR count). The van der Waals surface area contributed by atoms with E-state index < -0.39 is 0 Å². The second-order valence-corrected chi connectivity index (χ2v) is 6.06. The SMILES string of the molecule is CCCC(N)CC(=O)N1CCCC(SC)CC1. The van der Waals surface area contributed by atoms with Crippen molar-refractivity contribution in [2.45, 2.75) is 56.7 Å². The third kappa shape index (κ3) is 5.30. The zero-order chi connectivity index (χ0) is 12.7. The minimum absolute atomic E-state index is 0.0482. The number of hydrogen-bond donors (Lipinski definition) is 1. The highest BCUT2D eigenvalue weighted by Gasteiger charge is 2.21. The Bertz CT molecular complexity index is 235. The van der Waals surface area contributed by atoms with E-state index in [0.717, 1.165) is 44.0 Å². The van der Waals surface area contributed by atoms with Crippen molar-refractivity contribution in [1.82, 2.24) is 4.90 Å². The first-order valence-corrected chi connectivity index (χ1v) is 8.02. The Morgan fingerprint density at radius 3 is 2.88 bits per heavy atom. The predicted octanol–water partition coefficient (Wildman–Crippen LogP) is 2.25. The van der Waals surface area contributed by atoms with Gasteiger partial charge in [0.25, 0.3) is 0 Å². The normalized spacial score (nSPS) is 23.2. The summed E-state index contributed by atoms with van der Waals surface area (Å²) in [4.78, 5) is 14.1. The van der Waals surface area contributed by atoms with Crippen LogP contribution in [0.25, 0.3) is 0 Å². The molecule has 2 N–H and O–H groups in total. The first-order valence-electron chi connectivity index (χ1n) is 6.73. The summed E-state index contributed by atoms with van der Waals surface area (Å²) in [5.74, 6) is 0.257. The fourth-order valence-electron chi connectivity index (χ4n) is 2.38. The molecule has 0 aliphatic carbocycles. The van der Waals surface area contributed by atoms with E-state index in [1.165, 1.54) is 6.42 Å². The predicted molar refractivity (Wildman–Crippen MR) is 75.2 cm³/mol. The fourth-order valence-corrected chi connectivity index (χ4v) is 3.12. The van der Waals surface area contributed by atoms with Crippen molar-refractivity contribution < 1.29 is 4.79 Å². The van der Waals surface area contributed by atoms with Crippen LogP contribution < -0.4 is 5.73 Å². The van der Waals surface area contributed by atoms with Gasteiger partial charge in [-0.1, -0.05) is 13.3 Å². The number of nitrogens with zero attached hydrogens (tertiary/aromatic N) is 1. The third-order valence-electron chi connectivity index (χ3n) is 3.46. The second-order valence-electron chi connectivity index (χ2n) is 4.92. The number of likely N-dealkylation sites (tertiary alicyclic amines) is 1. The number of rotatable bonds is 5. The molecule has 2 unspecified atom stereocenters. The number of hydrogen-bond acceptors (Lipinski definition) is 3. The van der Waals surface area contributed by atoms with Gasteiger partial charge in [-0.3, -0.25) is 4.79 Å². The maximum Gasteiger partial charge on any atom is 0.224 e. The summed E-state index contributed by atoms with van der Waals surface area (Å²) in [6.07, 6.45) is 8.22. The fraction of sp³-hybridized carbons (Fsp3) is 0.923. The van der Waals surface area contributed by atoms with Gasteiger partial charge in [0.2, 0.25) is 5.91 Å². The van der Waals surface area contributed by atoms with Crippen LogP contribution in [0.2, 0.25) is 0 Å². The van der Waals surface area contributed by atoms with Gasteiger partial charge in [0.15, 0.2) is 0 Å². The van der Waals surface area contributed by atoms with Crippen LogP contribution in [0.3, 0.4) is 0 Å². The summed E-state index contributed by atoms with van der Waals surface area (Å²) in [7, 11) is 0. The molecular weight excluding hydrogens is 232 g/mol. The van der Waals surface area contributed by atoms with Gasteiger partial charge in [0.05, 0.1) is 0 Å². The number of carbonyl (C=O) groups excluding carboxylic acids is 1. The second kappa shape index (κ2) is 7.98. The van der Waals surface area contributed by atoms with Crippen molar-refractivity contribution in [3.05, 3.63) is 0 Å². The van der Waals surface area contributed by atoms with Crippen molar-refractivity contribution in [2.24, 2.45) is 5.73 Å². The Balaban J connectivity index is 2.36. The lowest BCUT2D eigenvalue weighted by molar-refractivity contribution is -0.131. The summed E-state index contributed by atoms with van der Waals surface area (Å²) >= 11 is 1.93. The molecule has 2 atom stereocenters. The van der Waals surface area contributed by atoms with Crippen LogP contribution in [0.4, 0.5) is 0 Å². The summed E-state index contributed by atoms with van der Waals surface area (Å²) in [5.41, 5.74) is 5.93. The molecule has 1 aliphatic heterocycles. The summed E-state index contributed by atoms with van der Waals surface area (Å²) in [5, 5.41) is 0.733. The van der Waals surface area contributed by atoms with Gasteiger partial charge in [-0.05, 0) is 31.9 Å². The Labute approximate surface area is 109 Å². The van der Waals surface area contributed by atoms with Gasteiger partial charge in [-0.15, -0.1) is 0 Å². The molecule has 0 aromatic carbocycles. The van der Waals surface area contributed by atoms with E-state index in [1.54, 1.807) is 0 Å². The van der Waals surface area contributed by atoms with E-state index in [4.69, 9.17) is 5.73 Å². The number of nitrogens with two attached hydrogens (primary N) is 1. The molecule has 1 saturated heterocycles. The van der Waals surface area contributed by atoms with Crippen LogP contribution in [0.1, 0.15) is 45.4 Å². The average Bonchev–Trinajstić information content (AvgIpc) is 2.54. The van der Waals surface area contributed by atoms with Crippen molar-refractivity contribution >= 4 is 17.7 Å². The Kier molecular flexibility index (Phi) is 6.97. The Hall–Kier alpha value is -0.220. The Morgan fingerprint density at radius 1 is 1.47 bits per heavy atom. The molecule has 0 aromatic heterocycles. The molecule has 4 heteroatoms. The number of carbonyl (C=O) groups is 1. The average molecular weight is 258 g/mol. The standard InChI is InChI=1S/C13H26N2OS/c1-3-5-11(14)10-13(16)15-8-4-6-12(17-2)7-9-15/h11-12H,3-10,14H2,1-2H3. The Morgan fingerprint density at radius 2 is 2.24 bits per heavy atom. The van der Waals surface area contributed by atoms with Crippen molar-refractivity contribution in [2.75, 3.05) is 19.3 Å². The van der Waals surface area contributed by atoms with E-state index in [2.05, 4.69) is 13.2 Å². The topological polar surface area (TPSA) is 46.3 Å². The molecule has 100 valence electrons. The summed E-state index contributed by atoms with van der Waals surface area (Å²) in [6, 6.07) is 0.0482. The minimum Gasteiger partial charge on any atom is -0.343 e. The van der Waals surface area contributed by atoms with Crippen LogP contribution in [-0.4, -0.2) is 41.4 Å². The first-order chi connectivity index (χ1) is 8.17. The van der Waals surface area contributed by atoms with E-state index >= 15 is 0 Å². The number of amides is 1. The molecule has 1 fully saturated rings. The molecule has 1 amide bonds. The van der Waals surface area contributed by atoms with E-state index in [1.807, 2.05) is 16.7 Å². The highest BCUT2D eigenvalue weighted by molar-refractivity contribution is 7.99. The molecular formula is C13H26N2OS. The maximum absolute atomic E-state index is 12.1. The van der Waals surface area contributed by atoms with Crippen LogP contribution in [-0.2, 0) is 4.79 Å². The number of thioether (sulfide) groups is 1. The largest absolute Gasteiger partial charge is 0.343 e. The van der Waals surface area contributed by atoms with Gasteiger partial charge < -0.3 is 10.6 Å². The van der Waals surface area contributed by atoms with Gasteiger partial charge in [-0.25, -0.2) is 0 Å². The molecule has 1 heterocycles. The molecule has 1 aliphatic rings. The lowest BCUT2D eigenvalue weighted by Crippen LogP contribution is -2.36. The molecule has 0 spiro atoms. The van der Waals surface area contributed by atoms with E-state index in [0.29, 0.717) is 6.42 Å². The van der Waals surface area contributed by atoms with Crippen molar-refractivity contribution in [1.29, 1.82) is 0 Å². The molecule has 0 saturated carbocycles. The summed E-state index contributed by atoms with van der Waals surface area (Å²) in [6.45, 7) is 3.96. The zero-order valence-electron chi connectivity index (χ0n) is 11.2. The first kappa shape index (κ1) is 14.8. The molecule has 17 heavy (non-hydrogen) atoms. The van der Waals surface area contributed by atoms with E-state index in [-0.39, 0.29) is 11.9 Å². The molecule has 0 aromatic rings. The van der Waals surface area contributed by atoms with E-state index in [9.17, 15) is 4.79 Å². The molecule has 0 radical (unpaired) electrons. The van der Waals surface area contributed by atoms with Crippen molar-refractivity contribution in [3.63, 3.8) is 0 Å². The lowest BCUT2D eigenvalue weighted by Gasteiger charge is -2.22. The smallest absolute Gasteiger partial charge is 0.224 e. The van der Waals surface area contributed by atoms with Gasteiger partial charge in [0, 0.05) is 30.8 Å². The van der Waals surface area contributed by atoms with Crippen LogP contribution >= 0.6 is 11.8 Å². The van der Waals surface area contributed by atoms with Gasteiger partial charge in [-0.2, -0.15) is 11.8 Å². The van der Waals surface area contributed by atoms with Crippen LogP contribution in [0, 0.1) is 0 Å². The highest BCUT2D eigenvalue weighted by atomic mass is 32.2. The molecule has 3 nitrogen and oxygen atoms in total. The van der Waals surface area contributed by atoms with Crippen LogP contribution in [0.15, 0.2) is 0 Å². The maximum atomic E-state index is 12.1. The monoisotopic (exact) mass is 258 g/mol. The van der Waals surface area contributed by atoms with Crippen molar-refractivity contribution in [3.8, 4) is 0 Å². The van der Waals surface area contributed by atoms with Gasteiger partial charge in [0.1, 0.15) is 0 Å².